The van der Waals surface area contributed by atoms with E-state index >= 15 is 0 Å². The smallest absolute Gasteiger partial charge is 0.337 e. The predicted octanol–water partition coefficient (Wildman–Crippen LogP) is 0.655. The van der Waals surface area contributed by atoms with Gasteiger partial charge in [-0.05, 0) is 24.1 Å². The molecule has 0 radical (unpaired) electrons. The van der Waals surface area contributed by atoms with Crippen LogP contribution in [0.4, 0.5) is 5.69 Å². The van der Waals surface area contributed by atoms with Crippen LogP contribution in [-0.2, 0) is 21.2 Å². The number of carbonyl (C=O) groups is 1. The SMILES string of the molecule is CN(c1ccc(CCN2CCOCC2)cc1C(=O)O)S(C)(=O)=O. The molecule has 23 heavy (non-hydrogen) atoms. The highest BCUT2D eigenvalue weighted by atomic mass is 32.2. The van der Waals surface area contributed by atoms with Crippen LogP contribution in [0.2, 0.25) is 0 Å². The lowest BCUT2D eigenvalue weighted by Gasteiger charge is -2.26. The molecule has 0 amide bonds. The molecule has 0 saturated carbocycles. The Morgan fingerprint density at radius 1 is 1.35 bits per heavy atom. The first-order chi connectivity index (χ1) is 10.8. The standard InChI is InChI=1S/C15H22N2O5S/c1-16(23(2,20)21)14-4-3-12(11-13(14)15(18)19)5-6-17-7-9-22-10-8-17/h3-4,11H,5-10H2,1-2H3,(H,18,19). The van der Waals surface area contributed by atoms with Gasteiger partial charge < -0.3 is 9.84 Å². The van der Waals surface area contributed by atoms with E-state index in [1.54, 1.807) is 18.2 Å². The van der Waals surface area contributed by atoms with Crippen LogP contribution in [0.25, 0.3) is 0 Å². The van der Waals surface area contributed by atoms with Crippen molar-refractivity contribution in [1.82, 2.24) is 4.90 Å². The maximum Gasteiger partial charge on any atom is 0.337 e. The number of ether oxygens (including phenoxy) is 1. The van der Waals surface area contributed by atoms with Crippen LogP contribution in [0, 0.1) is 0 Å². The van der Waals surface area contributed by atoms with Gasteiger partial charge in [0, 0.05) is 26.7 Å². The number of carboxylic acids is 1. The minimum absolute atomic E-state index is 0.00241. The number of benzene rings is 1. The highest BCUT2D eigenvalue weighted by Crippen LogP contribution is 2.23. The van der Waals surface area contributed by atoms with Crippen molar-refractivity contribution >= 4 is 21.7 Å². The molecule has 1 N–H and O–H groups in total. The Morgan fingerprint density at radius 2 is 2.00 bits per heavy atom. The molecule has 0 atom stereocenters. The van der Waals surface area contributed by atoms with Gasteiger partial charge >= 0.3 is 5.97 Å². The number of hydrogen-bond donors (Lipinski definition) is 1. The zero-order valence-corrected chi connectivity index (χ0v) is 14.2. The summed E-state index contributed by atoms with van der Waals surface area (Å²) in [7, 11) is -2.15. The van der Waals surface area contributed by atoms with Crippen molar-refractivity contribution in [3.8, 4) is 0 Å². The summed E-state index contributed by atoms with van der Waals surface area (Å²) >= 11 is 0. The van der Waals surface area contributed by atoms with Crippen molar-refractivity contribution < 1.29 is 23.1 Å². The summed E-state index contributed by atoms with van der Waals surface area (Å²) in [6, 6.07) is 4.89. The van der Waals surface area contributed by atoms with Gasteiger partial charge in [-0.15, -0.1) is 0 Å². The molecule has 0 unspecified atom stereocenters. The zero-order valence-electron chi connectivity index (χ0n) is 13.4. The van der Waals surface area contributed by atoms with Gasteiger partial charge in [0.25, 0.3) is 0 Å². The Morgan fingerprint density at radius 3 is 2.57 bits per heavy atom. The molecule has 1 heterocycles. The molecule has 1 saturated heterocycles. The van der Waals surface area contributed by atoms with Gasteiger partial charge in [-0.3, -0.25) is 9.21 Å². The minimum Gasteiger partial charge on any atom is -0.478 e. The number of rotatable bonds is 6. The largest absolute Gasteiger partial charge is 0.478 e. The Bertz CT molecular complexity index is 668. The van der Waals surface area contributed by atoms with Crippen molar-refractivity contribution in [2.24, 2.45) is 0 Å². The van der Waals surface area contributed by atoms with Crippen molar-refractivity contribution in [2.75, 3.05) is 50.5 Å². The molecule has 1 aliphatic heterocycles. The van der Waals surface area contributed by atoms with Crippen LogP contribution in [0.3, 0.4) is 0 Å². The summed E-state index contributed by atoms with van der Waals surface area (Å²) in [5.74, 6) is -1.14. The molecule has 1 aromatic rings. The molecule has 0 aromatic heterocycles. The van der Waals surface area contributed by atoms with E-state index in [0.717, 1.165) is 49.0 Å². The van der Waals surface area contributed by atoms with Gasteiger partial charge in [0.1, 0.15) is 0 Å². The van der Waals surface area contributed by atoms with E-state index in [1.165, 1.54) is 7.05 Å². The van der Waals surface area contributed by atoms with E-state index in [0.29, 0.717) is 6.42 Å². The van der Waals surface area contributed by atoms with Crippen molar-refractivity contribution in [2.45, 2.75) is 6.42 Å². The van der Waals surface area contributed by atoms with Crippen molar-refractivity contribution in [3.05, 3.63) is 29.3 Å². The maximum atomic E-state index is 11.6. The fourth-order valence-corrected chi connectivity index (χ4v) is 2.99. The highest BCUT2D eigenvalue weighted by Gasteiger charge is 2.20. The fraction of sp³-hybridized carbons (Fsp3) is 0.533. The van der Waals surface area contributed by atoms with Crippen LogP contribution >= 0.6 is 0 Å². The molecule has 1 aromatic carbocycles. The van der Waals surface area contributed by atoms with Gasteiger partial charge in [0.2, 0.25) is 10.0 Å². The minimum atomic E-state index is -3.51. The lowest BCUT2D eigenvalue weighted by molar-refractivity contribution is 0.0384. The molecule has 0 aliphatic carbocycles. The molecule has 1 aliphatic rings. The number of hydrogen-bond acceptors (Lipinski definition) is 5. The van der Waals surface area contributed by atoms with Crippen LogP contribution in [-0.4, -0.2) is 70.5 Å². The second-order valence-electron chi connectivity index (χ2n) is 5.59. The van der Waals surface area contributed by atoms with Gasteiger partial charge in [-0.25, -0.2) is 13.2 Å². The van der Waals surface area contributed by atoms with Crippen molar-refractivity contribution in [1.29, 1.82) is 0 Å². The lowest BCUT2D eigenvalue weighted by Crippen LogP contribution is -2.37. The topological polar surface area (TPSA) is 87.2 Å². The van der Waals surface area contributed by atoms with Crippen LogP contribution in [0.5, 0.6) is 0 Å². The Labute approximate surface area is 136 Å². The third-order valence-corrected chi connectivity index (χ3v) is 5.14. The number of aromatic carboxylic acids is 1. The molecular weight excluding hydrogens is 320 g/mol. The van der Waals surface area contributed by atoms with Crippen molar-refractivity contribution in [3.63, 3.8) is 0 Å². The summed E-state index contributed by atoms with van der Waals surface area (Å²) in [6.07, 6.45) is 1.76. The average molecular weight is 342 g/mol. The summed E-state index contributed by atoms with van der Waals surface area (Å²) < 4.78 is 29.6. The van der Waals surface area contributed by atoms with Crippen LogP contribution < -0.4 is 4.31 Å². The monoisotopic (exact) mass is 342 g/mol. The number of morpholine rings is 1. The first kappa shape index (κ1) is 17.7. The molecule has 128 valence electrons. The highest BCUT2D eigenvalue weighted by molar-refractivity contribution is 7.92. The number of anilines is 1. The van der Waals surface area contributed by atoms with E-state index in [-0.39, 0.29) is 11.3 Å². The van der Waals surface area contributed by atoms with Gasteiger partial charge in [0.15, 0.2) is 0 Å². The Balaban J connectivity index is 2.17. The van der Waals surface area contributed by atoms with E-state index < -0.39 is 16.0 Å². The predicted molar refractivity (Wildman–Crippen MR) is 87.6 cm³/mol. The molecule has 2 rings (SSSR count). The third-order valence-electron chi connectivity index (χ3n) is 3.95. The first-order valence-corrected chi connectivity index (χ1v) is 9.24. The lowest BCUT2D eigenvalue weighted by atomic mass is 10.1. The summed E-state index contributed by atoms with van der Waals surface area (Å²) in [6.45, 7) is 4.02. The van der Waals surface area contributed by atoms with E-state index in [1.807, 2.05) is 0 Å². The zero-order chi connectivity index (χ0) is 17.0. The summed E-state index contributed by atoms with van der Waals surface area (Å²) in [5, 5.41) is 9.37. The third kappa shape index (κ3) is 4.66. The second kappa shape index (κ2) is 7.29. The van der Waals surface area contributed by atoms with E-state index in [9.17, 15) is 18.3 Å². The normalized spacial score (nSPS) is 16.3. The van der Waals surface area contributed by atoms with Crippen LogP contribution in [0.15, 0.2) is 18.2 Å². The molecular formula is C15H22N2O5S. The number of carboxylic acid groups (broad SMARTS) is 1. The second-order valence-corrected chi connectivity index (χ2v) is 7.60. The molecule has 1 fully saturated rings. The van der Waals surface area contributed by atoms with Gasteiger partial charge in [-0.1, -0.05) is 6.07 Å². The Hall–Kier alpha value is -1.64. The number of sulfonamides is 1. The fourth-order valence-electron chi connectivity index (χ4n) is 2.48. The summed E-state index contributed by atoms with van der Waals surface area (Å²) in [5.41, 5.74) is 1.05. The summed E-state index contributed by atoms with van der Waals surface area (Å²) in [4.78, 5) is 13.7. The van der Waals surface area contributed by atoms with E-state index in [2.05, 4.69) is 4.90 Å². The average Bonchev–Trinajstić information content (AvgIpc) is 2.52. The number of nitrogens with zero attached hydrogens (tertiary/aromatic N) is 2. The molecule has 0 spiro atoms. The molecule has 7 nitrogen and oxygen atoms in total. The van der Waals surface area contributed by atoms with E-state index in [4.69, 9.17) is 4.74 Å². The van der Waals surface area contributed by atoms with Gasteiger partial charge in [0.05, 0.1) is 30.7 Å². The molecule has 0 bridgehead atoms. The Kier molecular flexibility index (Phi) is 5.61. The van der Waals surface area contributed by atoms with Crippen LogP contribution in [0.1, 0.15) is 15.9 Å². The quantitative estimate of drug-likeness (QED) is 0.817. The maximum absolute atomic E-state index is 11.6. The van der Waals surface area contributed by atoms with Gasteiger partial charge in [-0.2, -0.15) is 0 Å². The first-order valence-electron chi connectivity index (χ1n) is 7.39. The molecule has 8 heteroatoms.